The summed E-state index contributed by atoms with van der Waals surface area (Å²) in [5.74, 6) is 0.707. The standard InChI is InChI=1S/C16H23BrN2O2/c1-18-10-12-6-5-9-14(17)16(12)21-11-15(20)19-13-7-3-2-4-8-13/h5-6,9,13,18H,2-4,7-8,10-11H2,1H3,(H,19,20). The Labute approximate surface area is 134 Å². The van der Waals surface area contributed by atoms with Gasteiger partial charge in [-0.3, -0.25) is 4.79 Å². The van der Waals surface area contributed by atoms with Crippen LogP contribution in [0.2, 0.25) is 0 Å². The summed E-state index contributed by atoms with van der Waals surface area (Å²) in [7, 11) is 1.89. The van der Waals surface area contributed by atoms with E-state index in [1.807, 2.05) is 25.2 Å². The van der Waals surface area contributed by atoms with Gasteiger partial charge in [0.15, 0.2) is 6.61 Å². The highest BCUT2D eigenvalue weighted by Gasteiger charge is 2.16. The first kappa shape index (κ1) is 16.3. The van der Waals surface area contributed by atoms with Gasteiger partial charge in [-0.05, 0) is 41.9 Å². The third-order valence-electron chi connectivity index (χ3n) is 3.73. The molecule has 0 radical (unpaired) electrons. The second-order valence-electron chi connectivity index (χ2n) is 5.45. The second-order valence-corrected chi connectivity index (χ2v) is 6.30. The zero-order valence-corrected chi connectivity index (χ0v) is 14.0. The first-order valence-electron chi connectivity index (χ1n) is 7.55. The van der Waals surface area contributed by atoms with Crippen LogP contribution in [0.5, 0.6) is 5.75 Å². The Morgan fingerprint density at radius 3 is 2.81 bits per heavy atom. The molecule has 1 saturated carbocycles. The number of benzene rings is 1. The quantitative estimate of drug-likeness (QED) is 0.825. The number of halogens is 1. The molecule has 2 rings (SSSR count). The molecule has 1 amide bonds. The van der Waals surface area contributed by atoms with Crippen LogP contribution in [0.1, 0.15) is 37.7 Å². The van der Waals surface area contributed by atoms with Crippen molar-refractivity contribution in [2.45, 2.75) is 44.7 Å². The molecule has 0 spiro atoms. The van der Waals surface area contributed by atoms with E-state index >= 15 is 0 Å². The molecule has 4 nitrogen and oxygen atoms in total. The first-order chi connectivity index (χ1) is 10.2. The molecule has 5 heteroatoms. The van der Waals surface area contributed by atoms with Gasteiger partial charge in [-0.1, -0.05) is 31.4 Å². The SMILES string of the molecule is CNCc1cccc(Br)c1OCC(=O)NC1CCCCC1. The molecule has 0 saturated heterocycles. The molecule has 0 aromatic heterocycles. The average molecular weight is 355 g/mol. The molecule has 1 aromatic rings. The zero-order chi connectivity index (χ0) is 15.1. The summed E-state index contributed by atoms with van der Waals surface area (Å²) in [6, 6.07) is 6.21. The predicted octanol–water partition coefficient (Wildman–Crippen LogP) is 3.00. The maximum atomic E-state index is 12.0. The molecular formula is C16H23BrN2O2. The monoisotopic (exact) mass is 354 g/mol. The van der Waals surface area contributed by atoms with E-state index in [0.717, 1.165) is 28.6 Å². The van der Waals surface area contributed by atoms with Crippen molar-refractivity contribution < 1.29 is 9.53 Å². The molecule has 1 aromatic carbocycles. The van der Waals surface area contributed by atoms with Crippen LogP contribution in [0.25, 0.3) is 0 Å². The fourth-order valence-corrected chi connectivity index (χ4v) is 3.22. The van der Waals surface area contributed by atoms with Gasteiger partial charge in [-0.25, -0.2) is 0 Å². The van der Waals surface area contributed by atoms with Crippen LogP contribution in [0.15, 0.2) is 22.7 Å². The average Bonchev–Trinajstić information content (AvgIpc) is 2.48. The number of carbonyl (C=O) groups excluding carboxylic acids is 1. The Hall–Kier alpha value is -1.07. The summed E-state index contributed by atoms with van der Waals surface area (Å²) in [5.41, 5.74) is 1.04. The smallest absolute Gasteiger partial charge is 0.258 e. The molecular weight excluding hydrogens is 332 g/mol. The second kappa shape index (κ2) is 8.39. The third-order valence-corrected chi connectivity index (χ3v) is 4.36. The van der Waals surface area contributed by atoms with Gasteiger partial charge in [0.1, 0.15) is 5.75 Å². The highest BCUT2D eigenvalue weighted by molar-refractivity contribution is 9.10. The van der Waals surface area contributed by atoms with Crippen LogP contribution in [-0.2, 0) is 11.3 Å². The Morgan fingerprint density at radius 2 is 2.10 bits per heavy atom. The van der Waals surface area contributed by atoms with Crippen LogP contribution in [-0.4, -0.2) is 25.6 Å². The van der Waals surface area contributed by atoms with Crippen LogP contribution in [0.3, 0.4) is 0 Å². The molecule has 1 fully saturated rings. The van der Waals surface area contributed by atoms with Crippen molar-refractivity contribution >= 4 is 21.8 Å². The molecule has 0 unspecified atom stereocenters. The van der Waals surface area contributed by atoms with Gasteiger partial charge in [-0.15, -0.1) is 0 Å². The number of carbonyl (C=O) groups is 1. The van der Waals surface area contributed by atoms with E-state index < -0.39 is 0 Å². The van der Waals surface area contributed by atoms with Gasteiger partial charge < -0.3 is 15.4 Å². The van der Waals surface area contributed by atoms with Crippen LogP contribution >= 0.6 is 15.9 Å². The summed E-state index contributed by atoms with van der Waals surface area (Å²) in [6.45, 7) is 0.773. The topological polar surface area (TPSA) is 50.4 Å². The Balaban J connectivity index is 1.88. The van der Waals surface area contributed by atoms with E-state index in [9.17, 15) is 4.79 Å². The van der Waals surface area contributed by atoms with Crippen molar-refractivity contribution in [3.8, 4) is 5.75 Å². The molecule has 0 heterocycles. The van der Waals surface area contributed by atoms with E-state index in [4.69, 9.17) is 4.74 Å². The predicted molar refractivity (Wildman–Crippen MR) is 87.4 cm³/mol. The van der Waals surface area contributed by atoms with Gasteiger partial charge in [0.2, 0.25) is 0 Å². The van der Waals surface area contributed by atoms with Crippen LogP contribution < -0.4 is 15.4 Å². The number of nitrogens with one attached hydrogen (secondary N) is 2. The largest absolute Gasteiger partial charge is 0.482 e. The minimum Gasteiger partial charge on any atom is -0.482 e. The first-order valence-corrected chi connectivity index (χ1v) is 8.34. The molecule has 2 N–H and O–H groups in total. The van der Waals surface area contributed by atoms with Crippen molar-refractivity contribution in [2.75, 3.05) is 13.7 Å². The van der Waals surface area contributed by atoms with Crippen LogP contribution in [0.4, 0.5) is 0 Å². The molecule has 0 atom stereocenters. The molecule has 116 valence electrons. The van der Waals surface area contributed by atoms with Crippen LogP contribution in [0, 0.1) is 0 Å². The van der Waals surface area contributed by atoms with E-state index in [0.29, 0.717) is 12.6 Å². The number of ether oxygens (including phenoxy) is 1. The molecule has 0 bridgehead atoms. The Morgan fingerprint density at radius 1 is 1.33 bits per heavy atom. The molecule has 21 heavy (non-hydrogen) atoms. The highest BCUT2D eigenvalue weighted by Crippen LogP contribution is 2.29. The summed E-state index contributed by atoms with van der Waals surface area (Å²) >= 11 is 3.48. The lowest BCUT2D eigenvalue weighted by atomic mass is 9.95. The lowest BCUT2D eigenvalue weighted by Crippen LogP contribution is -2.39. The summed E-state index contributed by atoms with van der Waals surface area (Å²) in [4.78, 5) is 12.0. The van der Waals surface area contributed by atoms with E-state index in [2.05, 4.69) is 26.6 Å². The summed E-state index contributed by atoms with van der Waals surface area (Å²) < 4.78 is 6.60. The third kappa shape index (κ3) is 5.00. The zero-order valence-electron chi connectivity index (χ0n) is 12.5. The van der Waals surface area contributed by atoms with E-state index in [-0.39, 0.29) is 12.5 Å². The van der Waals surface area contributed by atoms with Crippen molar-refractivity contribution in [1.29, 1.82) is 0 Å². The normalized spacial score (nSPS) is 15.7. The van der Waals surface area contributed by atoms with E-state index in [1.165, 1.54) is 19.3 Å². The lowest BCUT2D eigenvalue weighted by molar-refractivity contribution is -0.124. The number of hydrogen-bond donors (Lipinski definition) is 2. The molecule has 1 aliphatic carbocycles. The maximum Gasteiger partial charge on any atom is 0.258 e. The maximum absolute atomic E-state index is 12.0. The Bertz CT molecular complexity index is 473. The fraction of sp³-hybridized carbons (Fsp3) is 0.562. The van der Waals surface area contributed by atoms with Crippen molar-refractivity contribution in [2.24, 2.45) is 0 Å². The number of rotatable bonds is 6. The number of para-hydroxylation sites is 1. The minimum absolute atomic E-state index is 0.0342. The van der Waals surface area contributed by atoms with E-state index in [1.54, 1.807) is 0 Å². The van der Waals surface area contributed by atoms with Crippen molar-refractivity contribution in [3.63, 3.8) is 0 Å². The summed E-state index contributed by atoms with van der Waals surface area (Å²) in [5, 5.41) is 6.17. The molecule has 1 aliphatic rings. The number of hydrogen-bond acceptors (Lipinski definition) is 3. The summed E-state index contributed by atoms with van der Waals surface area (Å²) in [6.07, 6.45) is 5.88. The fourth-order valence-electron chi connectivity index (χ4n) is 2.70. The van der Waals surface area contributed by atoms with Gasteiger partial charge in [-0.2, -0.15) is 0 Å². The van der Waals surface area contributed by atoms with Crippen molar-refractivity contribution in [1.82, 2.24) is 10.6 Å². The van der Waals surface area contributed by atoms with Gasteiger partial charge in [0, 0.05) is 18.2 Å². The minimum atomic E-state index is -0.0342. The molecule has 0 aliphatic heterocycles. The van der Waals surface area contributed by atoms with Gasteiger partial charge in [0.25, 0.3) is 5.91 Å². The lowest BCUT2D eigenvalue weighted by Gasteiger charge is -2.23. The van der Waals surface area contributed by atoms with Crippen molar-refractivity contribution in [3.05, 3.63) is 28.2 Å². The highest BCUT2D eigenvalue weighted by atomic mass is 79.9. The van der Waals surface area contributed by atoms with Gasteiger partial charge >= 0.3 is 0 Å². The van der Waals surface area contributed by atoms with Gasteiger partial charge in [0.05, 0.1) is 4.47 Å². The Kier molecular flexibility index (Phi) is 6.51. The number of amides is 1.